The molecule has 146 valence electrons. The number of hydrogen-bond acceptors (Lipinski definition) is 6. The Morgan fingerprint density at radius 3 is 2.28 bits per heavy atom. The van der Waals surface area contributed by atoms with E-state index in [0.717, 1.165) is 18.9 Å². The highest BCUT2D eigenvalue weighted by Crippen LogP contribution is 2.25. The summed E-state index contributed by atoms with van der Waals surface area (Å²) in [5.41, 5.74) is 0. The van der Waals surface area contributed by atoms with Gasteiger partial charge in [0.1, 0.15) is 0 Å². The van der Waals surface area contributed by atoms with Gasteiger partial charge in [-0.05, 0) is 6.42 Å². The van der Waals surface area contributed by atoms with Crippen LogP contribution in [0.25, 0.3) is 0 Å². The maximum absolute atomic E-state index is 12.7. The zero-order valence-electron chi connectivity index (χ0n) is 13.7. The normalized spacial score (nSPS) is 14.0. The van der Waals surface area contributed by atoms with Gasteiger partial charge in [0, 0.05) is 11.5 Å². The first-order chi connectivity index (χ1) is 11.5. The standard InChI is InChI=1S/C14H20F4O6S/c1-8(11(21)24-7-14(17,18)13(15)16)5-9(12(22)23-2)6-25-4-3-10(19)20/h8-9,13H,3-7H2,1-2H3,(H,19,20). The SMILES string of the molecule is COC(=O)C(CSCCC(=O)O)CC(C)C(=O)OCC(F)(F)C(F)F. The van der Waals surface area contributed by atoms with Crippen LogP contribution in [0.4, 0.5) is 17.6 Å². The van der Waals surface area contributed by atoms with Crippen LogP contribution in [0.5, 0.6) is 0 Å². The predicted molar refractivity (Wildman–Crippen MR) is 80.8 cm³/mol. The summed E-state index contributed by atoms with van der Waals surface area (Å²) < 4.78 is 58.3. The lowest BCUT2D eigenvalue weighted by Crippen LogP contribution is -2.35. The molecular formula is C14H20F4O6S. The molecule has 0 spiro atoms. The van der Waals surface area contributed by atoms with Crippen LogP contribution >= 0.6 is 11.8 Å². The third-order valence-electron chi connectivity index (χ3n) is 3.08. The molecule has 6 nitrogen and oxygen atoms in total. The van der Waals surface area contributed by atoms with E-state index in [1.165, 1.54) is 6.92 Å². The molecule has 0 aromatic carbocycles. The van der Waals surface area contributed by atoms with Crippen LogP contribution in [0, 0.1) is 11.8 Å². The fourth-order valence-electron chi connectivity index (χ4n) is 1.68. The van der Waals surface area contributed by atoms with Crippen molar-refractivity contribution in [2.75, 3.05) is 25.2 Å². The third-order valence-corrected chi connectivity index (χ3v) is 4.21. The predicted octanol–water partition coefficient (Wildman–Crippen LogP) is 2.45. The monoisotopic (exact) mass is 392 g/mol. The van der Waals surface area contributed by atoms with Gasteiger partial charge in [-0.3, -0.25) is 14.4 Å². The van der Waals surface area contributed by atoms with Gasteiger partial charge in [0.15, 0.2) is 6.61 Å². The van der Waals surface area contributed by atoms with Gasteiger partial charge >= 0.3 is 30.3 Å². The van der Waals surface area contributed by atoms with E-state index in [9.17, 15) is 31.9 Å². The Labute approximate surface area is 146 Å². The number of carbonyl (C=O) groups excluding carboxylic acids is 2. The van der Waals surface area contributed by atoms with Crippen LogP contribution in [-0.4, -0.2) is 60.6 Å². The molecule has 1 N–H and O–H groups in total. The second kappa shape index (κ2) is 11.2. The molecule has 0 aromatic rings. The maximum Gasteiger partial charge on any atom is 0.340 e. The minimum Gasteiger partial charge on any atom is -0.481 e. The number of alkyl halides is 4. The molecular weight excluding hydrogens is 372 g/mol. The summed E-state index contributed by atoms with van der Waals surface area (Å²) in [5, 5.41) is 8.54. The van der Waals surface area contributed by atoms with Gasteiger partial charge in [-0.15, -0.1) is 0 Å². The van der Waals surface area contributed by atoms with Crippen molar-refractivity contribution in [2.45, 2.75) is 32.1 Å². The first-order valence-corrected chi connectivity index (χ1v) is 8.36. The summed E-state index contributed by atoms with van der Waals surface area (Å²) in [6, 6.07) is 0. The van der Waals surface area contributed by atoms with Gasteiger partial charge < -0.3 is 14.6 Å². The number of carboxylic acid groups (broad SMARTS) is 1. The first kappa shape index (κ1) is 23.5. The number of halogens is 4. The van der Waals surface area contributed by atoms with E-state index in [1.807, 2.05) is 0 Å². The van der Waals surface area contributed by atoms with Crippen molar-refractivity contribution in [3.63, 3.8) is 0 Å². The van der Waals surface area contributed by atoms with Gasteiger partial charge in [-0.1, -0.05) is 6.92 Å². The lowest BCUT2D eigenvalue weighted by Gasteiger charge is -2.20. The molecule has 0 rings (SSSR count). The van der Waals surface area contributed by atoms with Crippen molar-refractivity contribution < 1.29 is 46.5 Å². The van der Waals surface area contributed by atoms with Crippen molar-refractivity contribution in [2.24, 2.45) is 11.8 Å². The van der Waals surface area contributed by atoms with E-state index in [1.54, 1.807) is 0 Å². The number of esters is 2. The molecule has 0 saturated heterocycles. The number of rotatable bonds is 12. The second-order valence-electron chi connectivity index (χ2n) is 5.24. The Balaban J connectivity index is 4.53. The van der Waals surface area contributed by atoms with E-state index >= 15 is 0 Å². The average molecular weight is 392 g/mol. The van der Waals surface area contributed by atoms with E-state index in [2.05, 4.69) is 9.47 Å². The maximum atomic E-state index is 12.7. The quantitative estimate of drug-likeness (QED) is 0.310. The summed E-state index contributed by atoms with van der Waals surface area (Å²) in [7, 11) is 1.13. The number of hydrogen-bond donors (Lipinski definition) is 1. The Morgan fingerprint density at radius 1 is 1.20 bits per heavy atom. The zero-order valence-corrected chi connectivity index (χ0v) is 14.5. The van der Waals surface area contributed by atoms with Crippen molar-refractivity contribution in [3.8, 4) is 0 Å². The fraction of sp³-hybridized carbons (Fsp3) is 0.786. The zero-order chi connectivity index (χ0) is 19.6. The van der Waals surface area contributed by atoms with Gasteiger partial charge in [-0.25, -0.2) is 8.78 Å². The lowest BCUT2D eigenvalue weighted by molar-refractivity contribution is -0.182. The van der Waals surface area contributed by atoms with Crippen LogP contribution in [0.15, 0.2) is 0 Å². The molecule has 2 atom stereocenters. The number of carbonyl (C=O) groups is 3. The van der Waals surface area contributed by atoms with E-state index in [4.69, 9.17) is 5.11 Å². The summed E-state index contributed by atoms with van der Waals surface area (Å²) in [5.74, 6) is -8.62. The summed E-state index contributed by atoms with van der Waals surface area (Å²) >= 11 is 1.16. The van der Waals surface area contributed by atoms with Gasteiger partial charge in [0.2, 0.25) is 0 Å². The minimum atomic E-state index is -4.44. The molecule has 0 aromatic heterocycles. The molecule has 0 aliphatic heterocycles. The Morgan fingerprint density at radius 2 is 1.80 bits per heavy atom. The number of aliphatic carboxylic acids is 1. The molecule has 0 fully saturated rings. The Kier molecular flexibility index (Phi) is 10.5. The highest BCUT2D eigenvalue weighted by atomic mass is 32.2. The highest BCUT2D eigenvalue weighted by Gasteiger charge is 2.42. The third kappa shape index (κ3) is 9.51. The lowest BCUT2D eigenvalue weighted by atomic mass is 9.97. The molecule has 0 radical (unpaired) electrons. The van der Waals surface area contributed by atoms with Crippen molar-refractivity contribution >= 4 is 29.7 Å². The molecule has 0 amide bonds. The Bertz CT molecular complexity index is 461. The van der Waals surface area contributed by atoms with Crippen LogP contribution in [0.3, 0.4) is 0 Å². The highest BCUT2D eigenvalue weighted by molar-refractivity contribution is 7.99. The first-order valence-electron chi connectivity index (χ1n) is 7.21. The van der Waals surface area contributed by atoms with Gasteiger partial charge in [0.25, 0.3) is 0 Å². The van der Waals surface area contributed by atoms with Gasteiger partial charge in [0.05, 0.1) is 25.4 Å². The number of ether oxygens (including phenoxy) is 2. The molecule has 0 aliphatic rings. The molecule has 0 aliphatic carbocycles. The fourth-order valence-corrected chi connectivity index (χ4v) is 2.72. The topological polar surface area (TPSA) is 89.9 Å². The van der Waals surface area contributed by atoms with Crippen molar-refractivity contribution in [3.05, 3.63) is 0 Å². The number of thioether (sulfide) groups is 1. The molecule has 0 bridgehead atoms. The van der Waals surface area contributed by atoms with E-state index in [-0.39, 0.29) is 24.3 Å². The minimum absolute atomic E-state index is 0.105. The van der Waals surface area contributed by atoms with Gasteiger partial charge in [-0.2, -0.15) is 20.5 Å². The van der Waals surface area contributed by atoms with Crippen molar-refractivity contribution in [1.29, 1.82) is 0 Å². The molecule has 2 unspecified atom stereocenters. The number of methoxy groups -OCH3 is 1. The number of carboxylic acids is 1. The molecule has 25 heavy (non-hydrogen) atoms. The van der Waals surface area contributed by atoms with E-state index in [0.29, 0.717) is 0 Å². The Hall–Kier alpha value is -1.52. The van der Waals surface area contributed by atoms with Crippen LogP contribution in [-0.2, 0) is 23.9 Å². The van der Waals surface area contributed by atoms with E-state index < -0.39 is 48.7 Å². The summed E-state index contributed by atoms with van der Waals surface area (Å²) in [6.07, 6.45) is -4.17. The van der Waals surface area contributed by atoms with Crippen LogP contribution in [0.2, 0.25) is 0 Å². The van der Waals surface area contributed by atoms with Crippen LogP contribution in [0.1, 0.15) is 19.8 Å². The average Bonchev–Trinajstić information content (AvgIpc) is 2.53. The second-order valence-corrected chi connectivity index (χ2v) is 6.39. The summed E-state index contributed by atoms with van der Waals surface area (Å²) in [6.45, 7) is -0.440. The molecule has 0 heterocycles. The molecule has 0 saturated carbocycles. The summed E-state index contributed by atoms with van der Waals surface area (Å²) in [4.78, 5) is 33.7. The molecule has 11 heteroatoms. The largest absolute Gasteiger partial charge is 0.481 e. The van der Waals surface area contributed by atoms with Crippen molar-refractivity contribution in [1.82, 2.24) is 0 Å². The smallest absolute Gasteiger partial charge is 0.340 e. The van der Waals surface area contributed by atoms with Crippen LogP contribution < -0.4 is 0 Å².